The van der Waals surface area contributed by atoms with E-state index in [1.165, 1.54) is 0 Å². The van der Waals surface area contributed by atoms with Gasteiger partial charge >= 0.3 is 0 Å². The lowest BCUT2D eigenvalue weighted by molar-refractivity contribution is -0.194. The smallest absolute Gasteiger partial charge is 0.173 e. The Hall–Kier alpha value is -2.86. The minimum atomic E-state index is 0.463. The first-order valence-electron chi connectivity index (χ1n) is 6.64. The van der Waals surface area contributed by atoms with E-state index >= 15 is 0 Å². The monoisotopic (exact) mass is 278 g/mol. The quantitative estimate of drug-likeness (QED) is 0.525. The van der Waals surface area contributed by atoms with Crippen molar-refractivity contribution in [1.29, 1.82) is 0 Å². The van der Waals surface area contributed by atoms with Crippen LogP contribution in [0.2, 0.25) is 0 Å². The summed E-state index contributed by atoms with van der Waals surface area (Å²) in [6, 6.07) is 11.9. The fourth-order valence-corrected chi connectivity index (χ4v) is 2.69. The summed E-state index contributed by atoms with van der Waals surface area (Å²) in [4.78, 5) is 18.0. The van der Waals surface area contributed by atoms with E-state index in [1.807, 2.05) is 36.4 Å². The molecule has 0 saturated heterocycles. The maximum absolute atomic E-state index is 5.10. The minimum absolute atomic E-state index is 0.463. The first kappa shape index (κ1) is 10.9. The Balaban J connectivity index is 1.74. The van der Waals surface area contributed by atoms with Crippen molar-refractivity contribution in [2.24, 2.45) is 0 Å². The van der Waals surface area contributed by atoms with Gasteiger partial charge in [-0.1, -0.05) is 18.2 Å². The normalized spacial score (nSPS) is 13.7. The van der Waals surface area contributed by atoms with Gasteiger partial charge in [0.15, 0.2) is 11.6 Å². The van der Waals surface area contributed by atoms with Crippen molar-refractivity contribution in [3.05, 3.63) is 42.0 Å². The SMILES string of the molecule is c1ccc2c(-c3nc4cc5c(cc4[nH]3)COO5)n[nH]c2c1. The van der Waals surface area contributed by atoms with Crippen LogP contribution in [-0.4, -0.2) is 20.2 Å². The van der Waals surface area contributed by atoms with Crippen LogP contribution in [-0.2, 0) is 11.5 Å². The average Bonchev–Trinajstić information content (AvgIpc) is 3.21. The molecule has 0 amide bonds. The second kappa shape index (κ2) is 3.83. The molecule has 21 heavy (non-hydrogen) atoms. The average molecular weight is 278 g/mol. The minimum Gasteiger partial charge on any atom is -0.337 e. The number of hydrogen-bond donors (Lipinski definition) is 2. The van der Waals surface area contributed by atoms with Gasteiger partial charge in [0, 0.05) is 17.0 Å². The number of benzene rings is 2. The molecule has 5 rings (SSSR count). The highest BCUT2D eigenvalue weighted by Crippen LogP contribution is 2.32. The highest BCUT2D eigenvalue weighted by Gasteiger charge is 2.18. The van der Waals surface area contributed by atoms with Crippen molar-refractivity contribution < 1.29 is 9.78 Å². The highest BCUT2D eigenvalue weighted by molar-refractivity contribution is 5.93. The number of imidazole rings is 1. The number of fused-ring (bicyclic) bond motifs is 3. The van der Waals surface area contributed by atoms with Crippen LogP contribution in [0.4, 0.5) is 0 Å². The van der Waals surface area contributed by atoms with E-state index in [4.69, 9.17) is 9.78 Å². The number of rotatable bonds is 1. The standard InChI is InChI=1S/C15H10N4O2/c1-2-4-10-9(3-1)14(19-18-10)15-16-11-5-8-7-20-21-13(8)6-12(11)17-15/h1-6H,7H2,(H,16,17)(H,18,19). The van der Waals surface area contributed by atoms with Crippen molar-refractivity contribution in [1.82, 2.24) is 20.2 Å². The molecule has 1 aliphatic rings. The van der Waals surface area contributed by atoms with Gasteiger partial charge in [-0.25, -0.2) is 4.98 Å². The summed E-state index contributed by atoms with van der Waals surface area (Å²) in [5, 5.41) is 8.43. The summed E-state index contributed by atoms with van der Waals surface area (Å²) in [7, 11) is 0. The first-order valence-corrected chi connectivity index (χ1v) is 6.64. The summed E-state index contributed by atoms with van der Waals surface area (Å²) < 4.78 is 0. The van der Waals surface area contributed by atoms with Gasteiger partial charge in [0.2, 0.25) is 0 Å². The second-order valence-electron chi connectivity index (χ2n) is 5.03. The molecule has 0 aliphatic carbocycles. The molecule has 102 valence electrons. The van der Waals surface area contributed by atoms with Gasteiger partial charge in [-0.05, 0) is 12.1 Å². The van der Waals surface area contributed by atoms with Crippen LogP contribution in [0.1, 0.15) is 5.56 Å². The van der Waals surface area contributed by atoms with Crippen LogP contribution in [0.5, 0.6) is 5.75 Å². The molecular weight excluding hydrogens is 268 g/mol. The topological polar surface area (TPSA) is 75.8 Å². The Morgan fingerprint density at radius 3 is 3.05 bits per heavy atom. The van der Waals surface area contributed by atoms with Gasteiger partial charge < -0.3 is 9.87 Å². The zero-order valence-corrected chi connectivity index (χ0v) is 10.9. The van der Waals surface area contributed by atoms with E-state index in [-0.39, 0.29) is 0 Å². The summed E-state index contributed by atoms with van der Waals surface area (Å²) in [5.41, 5.74) is 4.61. The van der Waals surface area contributed by atoms with Crippen LogP contribution in [0.3, 0.4) is 0 Å². The lowest BCUT2D eigenvalue weighted by Gasteiger charge is -1.93. The van der Waals surface area contributed by atoms with Crippen molar-refractivity contribution in [3.63, 3.8) is 0 Å². The number of para-hydroxylation sites is 1. The molecule has 0 unspecified atom stereocenters. The zero-order chi connectivity index (χ0) is 13.8. The van der Waals surface area contributed by atoms with Gasteiger partial charge in [-0.15, -0.1) is 0 Å². The summed E-state index contributed by atoms with van der Waals surface area (Å²) >= 11 is 0. The molecule has 0 spiro atoms. The van der Waals surface area contributed by atoms with Crippen LogP contribution in [0.25, 0.3) is 33.5 Å². The van der Waals surface area contributed by atoms with Gasteiger partial charge in [-0.2, -0.15) is 9.99 Å². The number of hydrogen-bond acceptors (Lipinski definition) is 4. The van der Waals surface area contributed by atoms with Crippen LogP contribution in [0.15, 0.2) is 36.4 Å². The number of aromatic nitrogens is 4. The summed E-state index contributed by atoms with van der Waals surface area (Å²) in [5.74, 6) is 1.47. The van der Waals surface area contributed by atoms with E-state index in [1.54, 1.807) is 0 Å². The largest absolute Gasteiger partial charge is 0.337 e. The third-order valence-electron chi connectivity index (χ3n) is 3.72. The number of nitrogens with one attached hydrogen (secondary N) is 2. The van der Waals surface area contributed by atoms with Gasteiger partial charge in [0.25, 0.3) is 0 Å². The van der Waals surface area contributed by atoms with Crippen LogP contribution in [0, 0.1) is 0 Å². The summed E-state index contributed by atoms with van der Waals surface area (Å²) in [6.45, 7) is 0.463. The molecule has 2 aromatic heterocycles. The van der Waals surface area contributed by atoms with Crippen LogP contribution < -0.4 is 4.89 Å². The Morgan fingerprint density at radius 2 is 2.05 bits per heavy atom. The Labute approximate surface area is 118 Å². The van der Waals surface area contributed by atoms with E-state index < -0.39 is 0 Å². The Bertz CT molecular complexity index is 945. The molecule has 0 saturated carbocycles. The predicted octanol–water partition coefficient (Wildman–Crippen LogP) is 2.93. The molecule has 2 aromatic carbocycles. The summed E-state index contributed by atoms with van der Waals surface area (Å²) in [6.07, 6.45) is 0. The lowest BCUT2D eigenvalue weighted by atomic mass is 10.2. The molecule has 0 bridgehead atoms. The number of H-pyrrole nitrogens is 2. The fraction of sp³-hybridized carbons (Fsp3) is 0.0667. The molecule has 0 fully saturated rings. The molecule has 0 atom stereocenters. The molecule has 1 aliphatic heterocycles. The van der Waals surface area contributed by atoms with Gasteiger partial charge in [0.05, 0.1) is 16.6 Å². The number of nitrogens with zero attached hydrogens (tertiary/aromatic N) is 2. The molecule has 2 N–H and O–H groups in total. The van der Waals surface area contributed by atoms with E-state index in [0.717, 1.165) is 44.8 Å². The molecule has 0 radical (unpaired) electrons. The molecular formula is C15H10N4O2. The molecule has 3 heterocycles. The zero-order valence-electron chi connectivity index (χ0n) is 10.9. The van der Waals surface area contributed by atoms with Crippen molar-refractivity contribution in [2.75, 3.05) is 0 Å². The Morgan fingerprint density at radius 1 is 1.10 bits per heavy atom. The van der Waals surface area contributed by atoms with Crippen LogP contribution >= 0.6 is 0 Å². The first-order chi connectivity index (χ1) is 10.4. The van der Waals surface area contributed by atoms with E-state index in [9.17, 15) is 0 Å². The second-order valence-corrected chi connectivity index (χ2v) is 5.03. The van der Waals surface area contributed by atoms with E-state index in [2.05, 4.69) is 20.2 Å². The van der Waals surface area contributed by atoms with Gasteiger partial charge in [0.1, 0.15) is 12.3 Å². The van der Waals surface area contributed by atoms with Crippen molar-refractivity contribution in [3.8, 4) is 17.3 Å². The maximum Gasteiger partial charge on any atom is 0.173 e. The van der Waals surface area contributed by atoms with Gasteiger partial charge in [-0.3, -0.25) is 5.10 Å². The van der Waals surface area contributed by atoms with Crippen molar-refractivity contribution in [2.45, 2.75) is 6.61 Å². The lowest BCUT2D eigenvalue weighted by Crippen LogP contribution is -1.82. The van der Waals surface area contributed by atoms with Crippen molar-refractivity contribution >= 4 is 21.9 Å². The molecule has 4 aromatic rings. The third kappa shape index (κ3) is 1.50. The predicted molar refractivity (Wildman–Crippen MR) is 76.6 cm³/mol. The fourth-order valence-electron chi connectivity index (χ4n) is 2.69. The molecule has 6 heteroatoms. The molecule has 6 nitrogen and oxygen atoms in total. The highest BCUT2D eigenvalue weighted by atomic mass is 17.2. The van der Waals surface area contributed by atoms with E-state index in [0.29, 0.717) is 6.61 Å². The number of aromatic amines is 2. The maximum atomic E-state index is 5.10. The third-order valence-corrected chi connectivity index (χ3v) is 3.72. The Kier molecular flexibility index (Phi) is 1.98.